The number of ether oxygens (including phenoxy) is 2. The number of thiocarbonyl (C=S) groups is 1. The molecule has 2 rings (SSSR count). The third-order valence-electron chi connectivity index (χ3n) is 3.58. The Kier molecular flexibility index (Phi) is 9.12. The van der Waals surface area contributed by atoms with Crippen LogP contribution in [0.1, 0.15) is 22.8 Å². The van der Waals surface area contributed by atoms with Crippen molar-refractivity contribution in [2.24, 2.45) is 0 Å². The molecule has 0 bridgehead atoms. The van der Waals surface area contributed by atoms with Crippen molar-refractivity contribution in [1.82, 2.24) is 16.2 Å². The number of amides is 2. The lowest BCUT2D eigenvalue weighted by atomic mass is 10.2. The predicted octanol–water partition coefficient (Wildman–Crippen LogP) is 2.12. The number of benzene rings is 2. The van der Waals surface area contributed by atoms with Crippen LogP contribution in [0.2, 0.25) is 0 Å². The monoisotopic (exact) mass is 445 g/mol. The van der Waals surface area contributed by atoms with Gasteiger partial charge in [-0.2, -0.15) is 0 Å². The van der Waals surface area contributed by atoms with E-state index in [2.05, 4.69) is 16.2 Å². The summed E-state index contributed by atoms with van der Waals surface area (Å²) < 4.78 is 23.0. The van der Waals surface area contributed by atoms with Crippen LogP contribution < -0.4 is 20.9 Å². The topological polar surface area (TPSA) is 106 Å². The number of rotatable bonds is 7. The maximum Gasteiger partial charge on any atom is 0.338 e. The molecule has 0 aliphatic rings. The third kappa shape index (κ3) is 8.62. The van der Waals surface area contributed by atoms with Gasteiger partial charge in [0, 0.05) is 6.08 Å². The van der Waals surface area contributed by atoms with Crippen molar-refractivity contribution in [3.63, 3.8) is 0 Å². The lowest BCUT2D eigenvalue weighted by molar-refractivity contribution is -0.123. The Hall–Kier alpha value is -3.79. The average molecular weight is 445 g/mol. The molecule has 0 aromatic heterocycles. The fourth-order valence-electron chi connectivity index (χ4n) is 2.14. The first-order valence-electron chi connectivity index (χ1n) is 9.11. The van der Waals surface area contributed by atoms with E-state index in [0.29, 0.717) is 16.9 Å². The fraction of sp³-hybridized carbons (Fsp3) is 0.143. The largest absolute Gasteiger partial charge is 0.484 e. The molecule has 10 heteroatoms. The van der Waals surface area contributed by atoms with Crippen molar-refractivity contribution < 1.29 is 28.2 Å². The van der Waals surface area contributed by atoms with E-state index in [1.165, 1.54) is 60.7 Å². The van der Waals surface area contributed by atoms with Gasteiger partial charge >= 0.3 is 5.97 Å². The van der Waals surface area contributed by atoms with Gasteiger partial charge in [-0.1, -0.05) is 12.1 Å². The van der Waals surface area contributed by atoms with Gasteiger partial charge in [0.15, 0.2) is 11.7 Å². The molecule has 0 fully saturated rings. The first-order chi connectivity index (χ1) is 14.9. The zero-order valence-corrected chi connectivity index (χ0v) is 17.3. The lowest BCUT2D eigenvalue weighted by Gasteiger charge is -2.10. The number of carbonyl (C=O) groups excluding carboxylic acids is 3. The van der Waals surface area contributed by atoms with Gasteiger partial charge in [-0.05, 0) is 67.2 Å². The molecule has 0 radical (unpaired) electrons. The minimum Gasteiger partial charge on any atom is -0.484 e. The van der Waals surface area contributed by atoms with Crippen molar-refractivity contribution in [3.8, 4) is 5.75 Å². The van der Waals surface area contributed by atoms with E-state index in [1.807, 2.05) is 0 Å². The van der Waals surface area contributed by atoms with Gasteiger partial charge in [-0.3, -0.25) is 25.8 Å². The third-order valence-corrected chi connectivity index (χ3v) is 3.79. The summed E-state index contributed by atoms with van der Waals surface area (Å²) in [7, 11) is 0. The Bertz CT molecular complexity index is 962. The predicted molar refractivity (Wildman–Crippen MR) is 115 cm³/mol. The smallest absolute Gasteiger partial charge is 0.338 e. The number of hydrazine groups is 1. The van der Waals surface area contributed by atoms with Gasteiger partial charge in [0.2, 0.25) is 5.91 Å². The highest BCUT2D eigenvalue weighted by Crippen LogP contribution is 2.12. The summed E-state index contributed by atoms with van der Waals surface area (Å²) in [5, 5.41) is 2.21. The summed E-state index contributed by atoms with van der Waals surface area (Å²) in [5.74, 6) is -1.52. The van der Waals surface area contributed by atoms with Crippen LogP contribution in [-0.4, -0.2) is 36.1 Å². The summed E-state index contributed by atoms with van der Waals surface area (Å²) >= 11 is 4.91. The summed E-state index contributed by atoms with van der Waals surface area (Å²) in [6, 6.07) is 11.7. The number of nitrogens with one attached hydrogen (secondary N) is 3. The second kappa shape index (κ2) is 12.0. The molecule has 8 nitrogen and oxygen atoms in total. The van der Waals surface area contributed by atoms with E-state index in [0.717, 1.165) is 0 Å². The van der Waals surface area contributed by atoms with Crippen molar-refractivity contribution >= 4 is 41.2 Å². The molecule has 2 aromatic carbocycles. The second-order valence-electron chi connectivity index (χ2n) is 5.91. The van der Waals surface area contributed by atoms with Crippen molar-refractivity contribution in [2.45, 2.75) is 6.92 Å². The number of hydrogen-bond acceptors (Lipinski definition) is 6. The van der Waals surface area contributed by atoms with Gasteiger partial charge in [-0.25, -0.2) is 9.18 Å². The van der Waals surface area contributed by atoms with Gasteiger partial charge < -0.3 is 9.47 Å². The van der Waals surface area contributed by atoms with E-state index < -0.39 is 17.8 Å². The Labute approximate surface area is 183 Å². The normalized spacial score (nSPS) is 10.3. The van der Waals surface area contributed by atoms with Crippen LogP contribution in [0.25, 0.3) is 6.08 Å². The average Bonchev–Trinajstić information content (AvgIpc) is 2.76. The van der Waals surface area contributed by atoms with Crippen molar-refractivity contribution in [1.29, 1.82) is 0 Å². The Morgan fingerprint density at radius 3 is 2.35 bits per heavy atom. The molecule has 0 unspecified atom stereocenters. The van der Waals surface area contributed by atoms with Crippen LogP contribution >= 0.6 is 12.2 Å². The molecular formula is C21H20FN3O5S. The van der Waals surface area contributed by atoms with Crippen molar-refractivity contribution in [3.05, 3.63) is 71.6 Å². The molecule has 0 saturated heterocycles. The SMILES string of the molecule is CCOC(=O)c1ccc(OCC(=O)NNC(=S)NC(=O)C=Cc2ccc(F)cc2)cc1. The number of carbonyl (C=O) groups is 3. The molecule has 0 spiro atoms. The molecule has 0 atom stereocenters. The highest BCUT2D eigenvalue weighted by Gasteiger charge is 2.08. The maximum atomic E-state index is 12.8. The molecule has 3 N–H and O–H groups in total. The van der Waals surface area contributed by atoms with Crippen LogP contribution in [0.5, 0.6) is 5.75 Å². The van der Waals surface area contributed by atoms with E-state index in [9.17, 15) is 18.8 Å². The zero-order chi connectivity index (χ0) is 22.6. The van der Waals surface area contributed by atoms with Crippen LogP contribution in [0.4, 0.5) is 4.39 Å². The number of hydrogen-bond donors (Lipinski definition) is 3. The van der Waals surface area contributed by atoms with E-state index in [4.69, 9.17) is 21.7 Å². The molecule has 0 aliphatic carbocycles. The van der Waals surface area contributed by atoms with Gasteiger partial charge in [-0.15, -0.1) is 0 Å². The summed E-state index contributed by atoms with van der Waals surface area (Å²) in [4.78, 5) is 35.2. The summed E-state index contributed by atoms with van der Waals surface area (Å²) in [6.45, 7) is 1.66. The molecule has 0 saturated carbocycles. The van der Waals surface area contributed by atoms with Crippen molar-refractivity contribution in [2.75, 3.05) is 13.2 Å². The number of esters is 1. The first kappa shape index (κ1) is 23.5. The van der Waals surface area contributed by atoms with Gasteiger partial charge in [0.05, 0.1) is 12.2 Å². The standard InChI is InChI=1S/C21H20FN3O5S/c1-2-29-20(28)15-6-10-17(11-7-15)30-13-19(27)24-25-21(31)23-18(26)12-5-14-3-8-16(22)9-4-14/h3-12H,2,13H2,1H3,(H,24,27)(H2,23,25,26,31). The van der Waals surface area contributed by atoms with Crippen LogP contribution in [0, 0.1) is 5.82 Å². The zero-order valence-electron chi connectivity index (χ0n) is 16.5. The van der Waals surface area contributed by atoms with Crippen LogP contribution in [-0.2, 0) is 14.3 Å². The molecular weight excluding hydrogens is 425 g/mol. The maximum absolute atomic E-state index is 12.8. The summed E-state index contributed by atoms with van der Waals surface area (Å²) in [5.41, 5.74) is 5.65. The quantitative estimate of drug-likeness (QED) is 0.259. The lowest BCUT2D eigenvalue weighted by Crippen LogP contribution is -2.49. The van der Waals surface area contributed by atoms with E-state index in [-0.39, 0.29) is 24.1 Å². The minimum atomic E-state index is -0.548. The summed E-state index contributed by atoms with van der Waals surface area (Å²) in [6.07, 6.45) is 2.70. The van der Waals surface area contributed by atoms with E-state index >= 15 is 0 Å². The first-order valence-corrected chi connectivity index (χ1v) is 9.51. The van der Waals surface area contributed by atoms with Crippen LogP contribution in [0.15, 0.2) is 54.6 Å². The second-order valence-corrected chi connectivity index (χ2v) is 6.32. The Morgan fingerprint density at radius 1 is 1.03 bits per heavy atom. The highest BCUT2D eigenvalue weighted by atomic mass is 32.1. The molecule has 0 heterocycles. The van der Waals surface area contributed by atoms with Crippen LogP contribution in [0.3, 0.4) is 0 Å². The van der Waals surface area contributed by atoms with Gasteiger partial charge in [0.1, 0.15) is 11.6 Å². The highest BCUT2D eigenvalue weighted by molar-refractivity contribution is 7.80. The van der Waals surface area contributed by atoms with Gasteiger partial charge in [0.25, 0.3) is 5.91 Å². The Morgan fingerprint density at radius 2 is 1.71 bits per heavy atom. The molecule has 31 heavy (non-hydrogen) atoms. The Balaban J connectivity index is 1.69. The molecule has 2 aromatic rings. The minimum absolute atomic E-state index is 0.124. The molecule has 0 aliphatic heterocycles. The molecule has 2 amide bonds. The molecule has 162 valence electrons. The number of halogens is 1. The van der Waals surface area contributed by atoms with E-state index in [1.54, 1.807) is 6.92 Å². The fourth-order valence-corrected chi connectivity index (χ4v) is 2.30.